The quantitative estimate of drug-likeness (QED) is 0.924. The zero-order valence-electron chi connectivity index (χ0n) is 12.6. The molecule has 0 radical (unpaired) electrons. The Morgan fingerprint density at radius 1 is 1.30 bits per heavy atom. The van der Waals surface area contributed by atoms with Crippen LogP contribution < -0.4 is 0 Å². The molecule has 120 valence electrons. The summed E-state index contributed by atoms with van der Waals surface area (Å²) >= 11 is 0. The van der Waals surface area contributed by atoms with E-state index in [9.17, 15) is 9.59 Å². The lowest BCUT2D eigenvalue weighted by Gasteiger charge is -2.30. The van der Waals surface area contributed by atoms with E-state index in [0.717, 1.165) is 5.56 Å². The third-order valence-electron chi connectivity index (χ3n) is 3.65. The number of aliphatic carboxylic acids is 1. The summed E-state index contributed by atoms with van der Waals surface area (Å²) in [5.74, 6) is -0.644. The minimum atomic E-state index is -1.08. The summed E-state index contributed by atoms with van der Waals surface area (Å²) in [6.45, 7) is 2.18. The van der Waals surface area contributed by atoms with Gasteiger partial charge in [-0.3, -0.25) is 4.79 Å². The first-order valence-electron chi connectivity index (χ1n) is 7.23. The number of aryl methyl sites for hydroxylation is 1. The smallest absolute Gasteiger partial charge is 0.334 e. The Labute approximate surface area is 132 Å². The molecule has 1 amide bonds. The van der Waals surface area contributed by atoms with Crippen LogP contribution in [0.1, 0.15) is 16.2 Å². The molecule has 1 aliphatic heterocycles. The summed E-state index contributed by atoms with van der Waals surface area (Å²) in [5.41, 5.74) is 0.981. The zero-order valence-corrected chi connectivity index (χ0v) is 12.6. The van der Waals surface area contributed by atoms with Gasteiger partial charge in [-0.2, -0.15) is 0 Å². The third-order valence-corrected chi connectivity index (χ3v) is 3.65. The molecule has 1 unspecified atom stereocenters. The van der Waals surface area contributed by atoms with Crippen LogP contribution >= 0.6 is 0 Å². The molecule has 1 aromatic carbocycles. The molecule has 7 nitrogen and oxygen atoms in total. The molecule has 0 aliphatic carbocycles. The Balaban J connectivity index is 1.83. The maximum atomic E-state index is 12.6. The van der Waals surface area contributed by atoms with Crippen LogP contribution in [0.15, 0.2) is 34.7 Å². The molecule has 0 saturated carbocycles. The maximum Gasteiger partial charge on any atom is 0.334 e. The van der Waals surface area contributed by atoms with Crippen LogP contribution in [-0.4, -0.2) is 52.7 Å². The SMILES string of the molecule is Cc1oc(-c2ccccc2)nc1C(=O)N1CCOC(C(=O)O)C1. The summed E-state index contributed by atoms with van der Waals surface area (Å²) in [7, 11) is 0. The van der Waals surface area contributed by atoms with Gasteiger partial charge in [0, 0.05) is 12.1 Å². The van der Waals surface area contributed by atoms with Crippen LogP contribution in [0.25, 0.3) is 11.5 Å². The van der Waals surface area contributed by atoms with Gasteiger partial charge in [0.05, 0.1) is 13.2 Å². The number of hydrogen-bond acceptors (Lipinski definition) is 5. The highest BCUT2D eigenvalue weighted by Gasteiger charge is 2.31. The predicted octanol–water partition coefficient (Wildman–Crippen LogP) is 1.58. The molecule has 1 atom stereocenters. The normalized spacial score (nSPS) is 18.0. The molecule has 0 bridgehead atoms. The number of morpholine rings is 1. The number of carboxylic acid groups (broad SMARTS) is 1. The summed E-state index contributed by atoms with van der Waals surface area (Å²) in [6, 6.07) is 9.28. The molecule has 2 aromatic rings. The van der Waals surface area contributed by atoms with Crippen molar-refractivity contribution in [2.24, 2.45) is 0 Å². The van der Waals surface area contributed by atoms with Crippen molar-refractivity contribution in [3.05, 3.63) is 41.8 Å². The Morgan fingerprint density at radius 3 is 2.74 bits per heavy atom. The van der Waals surface area contributed by atoms with Crippen LogP contribution in [-0.2, 0) is 9.53 Å². The van der Waals surface area contributed by atoms with Gasteiger partial charge in [-0.05, 0) is 19.1 Å². The fourth-order valence-electron chi connectivity index (χ4n) is 2.43. The Bertz CT molecular complexity index is 725. The number of carbonyl (C=O) groups is 2. The van der Waals surface area contributed by atoms with E-state index in [-0.39, 0.29) is 24.8 Å². The first-order valence-corrected chi connectivity index (χ1v) is 7.23. The minimum Gasteiger partial charge on any atom is -0.479 e. The highest BCUT2D eigenvalue weighted by atomic mass is 16.5. The van der Waals surface area contributed by atoms with Crippen molar-refractivity contribution in [2.45, 2.75) is 13.0 Å². The number of amides is 1. The molecular formula is C16H16N2O5. The van der Waals surface area contributed by atoms with E-state index in [1.165, 1.54) is 4.90 Å². The van der Waals surface area contributed by atoms with E-state index >= 15 is 0 Å². The van der Waals surface area contributed by atoms with E-state index in [1.54, 1.807) is 6.92 Å². The van der Waals surface area contributed by atoms with Crippen molar-refractivity contribution in [1.29, 1.82) is 0 Å². The summed E-state index contributed by atoms with van der Waals surface area (Å²) in [6.07, 6.45) is -1.01. The number of oxazole rings is 1. The van der Waals surface area contributed by atoms with E-state index in [4.69, 9.17) is 14.3 Å². The van der Waals surface area contributed by atoms with E-state index in [0.29, 0.717) is 18.2 Å². The van der Waals surface area contributed by atoms with E-state index in [2.05, 4.69) is 4.98 Å². The van der Waals surface area contributed by atoms with Crippen molar-refractivity contribution >= 4 is 11.9 Å². The van der Waals surface area contributed by atoms with Gasteiger partial charge in [0.25, 0.3) is 5.91 Å². The van der Waals surface area contributed by atoms with Gasteiger partial charge in [-0.25, -0.2) is 9.78 Å². The summed E-state index contributed by atoms with van der Waals surface area (Å²) in [4.78, 5) is 29.3. The largest absolute Gasteiger partial charge is 0.479 e. The van der Waals surface area contributed by atoms with Gasteiger partial charge >= 0.3 is 5.97 Å². The first kappa shape index (κ1) is 15.2. The second kappa shape index (κ2) is 6.21. The predicted molar refractivity (Wildman–Crippen MR) is 80.0 cm³/mol. The Kier molecular flexibility index (Phi) is 4.12. The van der Waals surface area contributed by atoms with Gasteiger partial charge in [0.15, 0.2) is 11.8 Å². The highest BCUT2D eigenvalue weighted by Crippen LogP contribution is 2.22. The molecule has 1 aliphatic rings. The summed E-state index contributed by atoms with van der Waals surface area (Å²) in [5, 5.41) is 9.02. The second-order valence-corrected chi connectivity index (χ2v) is 5.24. The molecule has 3 rings (SSSR count). The number of carbonyl (C=O) groups excluding carboxylic acids is 1. The molecule has 0 spiro atoms. The average molecular weight is 316 g/mol. The van der Waals surface area contributed by atoms with Crippen LogP contribution in [0.5, 0.6) is 0 Å². The number of aromatic nitrogens is 1. The van der Waals surface area contributed by atoms with Crippen LogP contribution in [0.4, 0.5) is 0 Å². The van der Waals surface area contributed by atoms with Gasteiger partial charge in [-0.1, -0.05) is 18.2 Å². The van der Waals surface area contributed by atoms with Crippen LogP contribution in [0.3, 0.4) is 0 Å². The van der Waals surface area contributed by atoms with E-state index < -0.39 is 12.1 Å². The molecule has 7 heteroatoms. The molecule has 1 N–H and O–H groups in total. The summed E-state index contributed by atoms with van der Waals surface area (Å²) < 4.78 is 10.7. The van der Waals surface area contributed by atoms with Crippen LogP contribution in [0, 0.1) is 6.92 Å². The molecular weight excluding hydrogens is 300 g/mol. The van der Waals surface area contributed by atoms with Gasteiger partial charge in [0.1, 0.15) is 5.76 Å². The zero-order chi connectivity index (χ0) is 16.4. The molecule has 23 heavy (non-hydrogen) atoms. The van der Waals surface area contributed by atoms with Crippen molar-refractivity contribution in [2.75, 3.05) is 19.7 Å². The van der Waals surface area contributed by atoms with Crippen molar-refractivity contribution in [3.63, 3.8) is 0 Å². The maximum absolute atomic E-state index is 12.6. The number of rotatable bonds is 3. The first-order chi connectivity index (χ1) is 11.1. The molecule has 1 saturated heterocycles. The fraction of sp³-hybridized carbons (Fsp3) is 0.312. The Hall–Kier alpha value is -2.67. The highest BCUT2D eigenvalue weighted by molar-refractivity contribution is 5.94. The monoisotopic (exact) mass is 316 g/mol. The lowest BCUT2D eigenvalue weighted by molar-refractivity contribution is -0.154. The van der Waals surface area contributed by atoms with Gasteiger partial charge in [-0.15, -0.1) is 0 Å². The lowest BCUT2D eigenvalue weighted by atomic mass is 10.2. The van der Waals surface area contributed by atoms with Crippen LogP contribution in [0.2, 0.25) is 0 Å². The lowest BCUT2D eigenvalue weighted by Crippen LogP contribution is -2.48. The second-order valence-electron chi connectivity index (χ2n) is 5.24. The van der Waals surface area contributed by atoms with E-state index in [1.807, 2.05) is 30.3 Å². The number of nitrogens with zero attached hydrogens (tertiary/aromatic N) is 2. The minimum absolute atomic E-state index is 0.00113. The number of ether oxygens (including phenoxy) is 1. The van der Waals surface area contributed by atoms with Crippen molar-refractivity contribution < 1.29 is 23.8 Å². The molecule has 1 fully saturated rings. The van der Waals surface area contributed by atoms with Gasteiger partial charge in [0.2, 0.25) is 5.89 Å². The van der Waals surface area contributed by atoms with Gasteiger partial charge < -0.3 is 19.2 Å². The number of benzene rings is 1. The van der Waals surface area contributed by atoms with Crippen molar-refractivity contribution in [3.8, 4) is 11.5 Å². The third kappa shape index (κ3) is 3.09. The van der Waals surface area contributed by atoms with Crippen molar-refractivity contribution in [1.82, 2.24) is 9.88 Å². The topological polar surface area (TPSA) is 92.9 Å². The Morgan fingerprint density at radius 2 is 2.04 bits per heavy atom. The molecule has 1 aromatic heterocycles. The fourth-order valence-corrected chi connectivity index (χ4v) is 2.43. The number of carboxylic acids is 1. The number of hydrogen-bond donors (Lipinski definition) is 1. The average Bonchev–Trinajstić information content (AvgIpc) is 2.97. The standard InChI is InChI=1S/C16H16N2O5/c1-10-13(17-14(23-10)11-5-3-2-4-6-11)15(19)18-7-8-22-12(9-18)16(20)21/h2-6,12H,7-9H2,1H3,(H,20,21). The molecule has 2 heterocycles.